The first-order valence-corrected chi connectivity index (χ1v) is 8.89. The molecule has 0 unspecified atom stereocenters. The number of anilines is 2. The summed E-state index contributed by atoms with van der Waals surface area (Å²) in [4.78, 5) is 25.8. The van der Waals surface area contributed by atoms with E-state index in [4.69, 9.17) is 34.8 Å². The molecule has 7 heteroatoms. The number of nitrogens with zero attached hydrogens (tertiary/aromatic N) is 1. The minimum Gasteiger partial charge on any atom is -0.323 e. The van der Waals surface area contributed by atoms with Gasteiger partial charge in [-0.2, -0.15) is 0 Å². The number of alkyl halides is 3. The van der Waals surface area contributed by atoms with Crippen molar-refractivity contribution in [2.75, 3.05) is 22.6 Å². The van der Waals surface area contributed by atoms with Gasteiger partial charge in [0.05, 0.1) is 0 Å². The normalized spacial score (nSPS) is 15.6. The van der Waals surface area contributed by atoms with E-state index in [0.717, 1.165) is 25.1 Å². The van der Waals surface area contributed by atoms with E-state index in [1.165, 1.54) is 0 Å². The fraction of sp³-hybridized carbons (Fsp3) is 0.500. The highest BCUT2D eigenvalue weighted by Gasteiger charge is 2.33. The Labute approximate surface area is 151 Å². The first-order valence-electron chi connectivity index (χ1n) is 7.60. The molecule has 0 spiro atoms. The Kier molecular flexibility index (Phi) is 6.57. The summed E-state index contributed by atoms with van der Waals surface area (Å²) < 4.78 is -1.50. The maximum absolute atomic E-state index is 12.1. The molecule has 1 fully saturated rings. The lowest BCUT2D eigenvalue weighted by Crippen LogP contribution is -2.35. The standard InChI is InChI=1S/C16H19Cl3N2O2/c17-10-3-9-16(18,19)15(23)20-12-5-7-13(8-6-12)21-11-2-1-4-14(21)22/h5-8H,1-4,9-11H2,(H,20,23). The largest absolute Gasteiger partial charge is 0.323 e. The van der Waals surface area contributed by atoms with Crippen molar-refractivity contribution < 1.29 is 9.59 Å². The zero-order chi connectivity index (χ0) is 16.9. The zero-order valence-electron chi connectivity index (χ0n) is 12.7. The van der Waals surface area contributed by atoms with E-state index >= 15 is 0 Å². The van der Waals surface area contributed by atoms with Gasteiger partial charge in [-0.25, -0.2) is 0 Å². The average Bonchev–Trinajstić information content (AvgIpc) is 2.54. The summed E-state index contributed by atoms with van der Waals surface area (Å²) >= 11 is 17.7. The van der Waals surface area contributed by atoms with E-state index in [9.17, 15) is 9.59 Å². The summed E-state index contributed by atoms with van der Waals surface area (Å²) in [6.07, 6.45) is 3.37. The molecular weight excluding hydrogens is 359 g/mol. The van der Waals surface area contributed by atoms with Gasteiger partial charge in [0.15, 0.2) is 4.33 Å². The second-order valence-corrected chi connectivity index (χ2v) is 7.36. The van der Waals surface area contributed by atoms with Crippen LogP contribution in [0.5, 0.6) is 0 Å². The minimum absolute atomic E-state index is 0.134. The number of benzene rings is 1. The number of rotatable bonds is 6. The topological polar surface area (TPSA) is 49.4 Å². The molecule has 23 heavy (non-hydrogen) atoms. The Bertz CT molecular complexity index is 561. The molecule has 0 atom stereocenters. The lowest BCUT2D eigenvalue weighted by Gasteiger charge is -2.27. The minimum atomic E-state index is -1.50. The van der Waals surface area contributed by atoms with Crippen LogP contribution in [0.4, 0.5) is 11.4 Å². The van der Waals surface area contributed by atoms with Gasteiger partial charge in [-0.1, -0.05) is 23.2 Å². The monoisotopic (exact) mass is 376 g/mol. The summed E-state index contributed by atoms with van der Waals surface area (Å²) in [5.74, 6) is 0.0509. The van der Waals surface area contributed by atoms with Crippen LogP contribution in [-0.4, -0.2) is 28.6 Å². The van der Waals surface area contributed by atoms with Crippen LogP contribution in [0.15, 0.2) is 24.3 Å². The van der Waals surface area contributed by atoms with Crippen LogP contribution in [0.1, 0.15) is 32.1 Å². The first-order chi connectivity index (χ1) is 10.9. The molecule has 1 aliphatic heterocycles. The van der Waals surface area contributed by atoms with E-state index in [-0.39, 0.29) is 12.3 Å². The molecule has 0 radical (unpaired) electrons. The predicted molar refractivity (Wildman–Crippen MR) is 95.7 cm³/mol. The Morgan fingerprint density at radius 1 is 1.22 bits per heavy atom. The third-order valence-corrected chi connectivity index (χ3v) is 4.71. The maximum Gasteiger partial charge on any atom is 0.260 e. The van der Waals surface area contributed by atoms with Crippen LogP contribution in [-0.2, 0) is 9.59 Å². The third-order valence-electron chi connectivity index (χ3n) is 3.72. The van der Waals surface area contributed by atoms with Gasteiger partial charge in [-0.15, -0.1) is 11.6 Å². The molecule has 1 heterocycles. The number of amides is 2. The molecule has 0 aromatic heterocycles. The Morgan fingerprint density at radius 3 is 2.52 bits per heavy atom. The van der Waals surface area contributed by atoms with Crippen molar-refractivity contribution in [2.24, 2.45) is 0 Å². The molecule has 1 aromatic carbocycles. The second-order valence-electron chi connectivity index (χ2n) is 5.50. The molecule has 2 amide bonds. The first kappa shape index (κ1) is 18.4. The molecule has 1 aromatic rings. The fourth-order valence-electron chi connectivity index (χ4n) is 2.43. The summed E-state index contributed by atoms with van der Waals surface area (Å²) in [6, 6.07) is 7.09. The van der Waals surface area contributed by atoms with Gasteiger partial charge < -0.3 is 10.2 Å². The van der Waals surface area contributed by atoms with Crippen molar-refractivity contribution in [1.82, 2.24) is 0 Å². The highest BCUT2D eigenvalue weighted by molar-refractivity contribution is 6.59. The van der Waals surface area contributed by atoms with Crippen molar-refractivity contribution in [1.29, 1.82) is 0 Å². The number of hydrogen-bond donors (Lipinski definition) is 1. The second kappa shape index (κ2) is 8.22. The summed E-state index contributed by atoms with van der Waals surface area (Å²) in [5.41, 5.74) is 1.41. The van der Waals surface area contributed by atoms with E-state index in [0.29, 0.717) is 24.4 Å². The van der Waals surface area contributed by atoms with Crippen LogP contribution in [0.25, 0.3) is 0 Å². The smallest absolute Gasteiger partial charge is 0.260 e. The number of halogens is 3. The molecule has 126 valence electrons. The maximum atomic E-state index is 12.1. The third kappa shape index (κ3) is 5.00. The Balaban J connectivity index is 1.99. The van der Waals surface area contributed by atoms with Gasteiger partial charge in [-0.05, 0) is 49.9 Å². The lowest BCUT2D eigenvalue weighted by molar-refractivity contribution is -0.119. The molecule has 1 aliphatic rings. The highest BCUT2D eigenvalue weighted by Crippen LogP contribution is 2.29. The molecule has 4 nitrogen and oxygen atoms in total. The summed E-state index contributed by atoms with van der Waals surface area (Å²) in [6.45, 7) is 0.732. The molecule has 0 bridgehead atoms. The summed E-state index contributed by atoms with van der Waals surface area (Å²) in [7, 11) is 0. The molecule has 0 aliphatic carbocycles. The van der Waals surface area contributed by atoms with Gasteiger partial charge >= 0.3 is 0 Å². The van der Waals surface area contributed by atoms with E-state index in [1.54, 1.807) is 17.0 Å². The Hall–Kier alpha value is -0.970. The highest BCUT2D eigenvalue weighted by atomic mass is 35.5. The lowest BCUT2D eigenvalue weighted by atomic mass is 10.1. The van der Waals surface area contributed by atoms with Gasteiger partial charge in [-0.3, -0.25) is 9.59 Å². The van der Waals surface area contributed by atoms with Crippen LogP contribution in [0.3, 0.4) is 0 Å². The molecule has 1 N–H and O–H groups in total. The number of carbonyl (C=O) groups is 2. The number of hydrogen-bond acceptors (Lipinski definition) is 2. The van der Waals surface area contributed by atoms with E-state index < -0.39 is 10.2 Å². The number of nitrogens with one attached hydrogen (secondary N) is 1. The van der Waals surface area contributed by atoms with Gasteiger partial charge in [0.2, 0.25) is 5.91 Å². The van der Waals surface area contributed by atoms with E-state index in [1.807, 2.05) is 12.1 Å². The number of piperidine rings is 1. The van der Waals surface area contributed by atoms with Crippen molar-refractivity contribution in [3.05, 3.63) is 24.3 Å². The summed E-state index contributed by atoms with van der Waals surface area (Å²) in [5, 5.41) is 2.68. The van der Waals surface area contributed by atoms with Crippen molar-refractivity contribution in [2.45, 2.75) is 36.4 Å². The molecule has 2 rings (SSSR count). The van der Waals surface area contributed by atoms with Crippen LogP contribution < -0.4 is 10.2 Å². The zero-order valence-corrected chi connectivity index (χ0v) is 14.9. The number of carbonyl (C=O) groups excluding carboxylic acids is 2. The molecular formula is C16H19Cl3N2O2. The van der Waals surface area contributed by atoms with Crippen LogP contribution >= 0.6 is 34.8 Å². The molecule has 0 saturated carbocycles. The van der Waals surface area contributed by atoms with Crippen LogP contribution in [0, 0.1) is 0 Å². The van der Waals surface area contributed by atoms with Crippen molar-refractivity contribution >= 4 is 58.0 Å². The van der Waals surface area contributed by atoms with Crippen molar-refractivity contribution in [3.63, 3.8) is 0 Å². The van der Waals surface area contributed by atoms with Gasteiger partial charge in [0.25, 0.3) is 5.91 Å². The van der Waals surface area contributed by atoms with Gasteiger partial charge in [0.1, 0.15) is 0 Å². The SMILES string of the molecule is O=C1CCCCN1c1ccc(NC(=O)C(Cl)(Cl)CCCCl)cc1. The van der Waals surface area contributed by atoms with E-state index in [2.05, 4.69) is 5.32 Å². The fourth-order valence-corrected chi connectivity index (χ4v) is 2.92. The Morgan fingerprint density at radius 2 is 1.91 bits per heavy atom. The average molecular weight is 378 g/mol. The predicted octanol–water partition coefficient (Wildman–Crippen LogP) is 4.33. The van der Waals surface area contributed by atoms with Gasteiger partial charge in [0, 0.05) is 30.2 Å². The van der Waals surface area contributed by atoms with Crippen LogP contribution in [0.2, 0.25) is 0 Å². The van der Waals surface area contributed by atoms with Crippen molar-refractivity contribution in [3.8, 4) is 0 Å². The molecule has 1 saturated heterocycles. The quantitative estimate of drug-likeness (QED) is 0.750.